The van der Waals surface area contributed by atoms with Crippen LogP contribution in [-0.2, 0) is 18.3 Å². The smallest absolute Gasteiger partial charge is 0.475 e. The molecule has 0 saturated heterocycles. The van der Waals surface area contributed by atoms with Crippen LogP contribution in [0.3, 0.4) is 0 Å². The van der Waals surface area contributed by atoms with Crippen LogP contribution in [0.25, 0.3) is 22.2 Å². The molecule has 0 spiro atoms. The van der Waals surface area contributed by atoms with Gasteiger partial charge in [0, 0.05) is 35.4 Å². The number of alkyl halides is 3. The van der Waals surface area contributed by atoms with Crippen LogP contribution >= 0.6 is 0 Å². The minimum atomic E-state index is -5.08. The van der Waals surface area contributed by atoms with Crippen LogP contribution < -0.4 is 11.1 Å². The van der Waals surface area contributed by atoms with Gasteiger partial charge >= 0.3 is 12.1 Å². The molecule has 1 unspecified atom stereocenters. The van der Waals surface area contributed by atoms with Crippen molar-refractivity contribution in [3.8, 4) is 11.4 Å². The lowest BCUT2D eigenvalue weighted by Gasteiger charge is -2.21. The summed E-state index contributed by atoms with van der Waals surface area (Å²) in [4.78, 5) is 17.9. The lowest BCUT2D eigenvalue weighted by molar-refractivity contribution is -0.192. The molecule has 5 aromatic rings. The summed E-state index contributed by atoms with van der Waals surface area (Å²) in [7, 11) is 1.84. The van der Waals surface area contributed by atoms with Gasteiger partial charge in [-0.3, -0.25) is 4.68 Å². The van der Waals surface area contributed by atoms with Gasteiger partial charge in [0.1, 0.15) is 17.7 Å². The first-order valence-electron chi connectivity index (χ1n) is 12.8. The molecule has 0 radical (unpaired) electrons. The second-order valence-corrected chi connectivity index (χ2v) is 9.51. The molecule has 2 heterocycles. The maximum absolute atomic E-state index is 15.2. The number of pyridine rings is 1. The molecule has 0 bridgehead atoms. The van der Waals surface area contributed by atoms with E-state index >= 15 is 4.39 Å². The van der Waals surface area contributed by atoms with Crippen molar-refractivity contribution in [2.75, 3.05) is 11.1 Å². The number of benzene rings is 3. The number of nitrogen functional groups attached to an aromatic ring is 1. The van der Waals surface area contributed by atoms with E-state index in [1.165, 1.54) is 6.07 Å². The van der Waals surface area contributed by atoms with E-state index in [0.717, 1.165) is 39.6 Å². The topological polar surface area (TPSA) is 119 Å². The van der Waals surface area contributed by atoms with Gasteiger partial charge in [0.15, 0.2) is 11.6 Å². The van der Waals surface area contributed by atoms with Gasteiger partial charge in [-0.2, -0.15) is 18.3 Å². The molecule has 1 atom stereocenters. The predicted octanol–water partition coefficient (Wildman–Crippen LogP) is 6.46. The van der Waals surface area contributed by atoms with Crippen molar-refractivity contribution in [3.05, 3.63) is 101 Å². The Balaban J connectivity index is 0.000000517. The summed E-state index contributed by atoms with van der Waals surface area (Å²) in [5.41, 5.74) is 10.5. The number of halogens is 4. The first kappa shape index (κ1) is 30.0. The fourth-order valence-electron chi connectivity index (χ4n) is 4.25. The fraction of sp³-hybridized carbons (Fsp3) is 0.200. The molecule has 0 aliphatic heterocycles. The number of hydrogen-bond acceptors (Lipinski definition) is 6. The molecular weight excluding hydrogens is 552 g/mol. The number of hydrogen-bond donors (Lipinski definition) is 3. The lowest BCUT2D eigenvalue weighted by atomic mass is 10.0. The van der Waals surface area contributed by atoms with Crippen LogP contribution in [0.15, 0.2) is 72.9 Å². The van der Waals surface area contributed by atoms with Crippen molar-refractivity contribution in [2.45, 2.75) is 32.5 Å². The molecule has 0 aliphatic rings. The Labute approximate surface area is 238 Å². The standard InChI is InChI=1S/C28H27FN6.C2HF3O2/c1-4-18-7-12-24(29)23(15-18)25(32-21-10-11-22-20(16-21)13-14-31-26(22)30)28-33-27(34-35(28)3)19-8-5-17(2)6-9-19;3-2(4,5)1(6)7/h5-16,25,32H,4H2,1-3H3,(H2,30,31);(H,6,7). The number of nitrogens with zero attached hydrogens (tertiary/aromatic N) is 4. The highest BCUT2D eigenvalue weighted by atomic mass is 19.4. The number of carboxylic acid groups (broad SMARTS) is 1. The molecule has 0 amide bonds. The monoisotopic (exact) mass is 580 g/mol. The van der Waals surface area contributed by atoms with Crippen molar-refractivity contribution >= 4 is 28.2 Å². The summed E-state index contributed by atoms with van der Waals surface area (Å²) in [5, 5.41) is 17.1. The normalized spacial score (nSPS) is 12.0. The van der Waals surface area contributed by atoms with E-state index in [1.54, 1.807) is 10.9 Å². The SMILES string of the molecule is CCc1ccc(F)c(C(Nc2ccc3c(N)nccc3c2)c2nc(-c3ccc(C)cc3)nn2C)c1.O=C(O)C(F)(F)F. The highest BCUT2D eigenvalue weighted by Gasteiger charge is 2.38. The molecule has 5 rings (SSSR count). The van der Waals surface area contributed by atoms with Crippen molar-refractivity contribution in [1.29, 1.82) is 0 Å². The second kappa shape index (κ2) is 12.2. The van der Waals surface area contributed by atoms with Crippen molar-refractivity contribution in [2.24, 2.45) is 7.05 Å². The van der Waals surface area contributed by atoms with Gasteiger partial charge in [-0.15, -0.1) is 0 Å². The summed E-state index contributed by atoms with van der Waals surface area (Å²) in [5.74, 6) is -1.37. The van der Waals surface area contributed by atoms with Gasteiger partial charge in [-0.25, -0.2) is 19.2 Å². The molecule has 42 heavy (non-hydrogen) atoms. The highest BCUT2D eigenvalue weighted by Crippen LogP contribution is 2.32. The molecule has 0 aliphatic carbocycles. The van der Waals surface area contributed by atoms with E-state index in [9.17, 15) is 13.2 Å². The Morgan fingerprint density at radius 2 is 1.76 bits per heavy atom. The van der Waals surface area contributed by atoms with Crippen LogP contribution in [0.4, 0.5) is 29.1 Å². The van der Waals surface area contributed by atoms with E-state index in [4.69, 9.17) is 20.6 Å². The summed E-state index contributed by atoms with van der Waals surface area (Å²) in [6.45, 7) is 4.09. The lowest BCUT2D eigenvalue weighted by Crippen LogP contribution is -2.21. The first-order valence-corrected chi connectivity index (χ1v) is 12.8. The Bertz CT molecular complexity index is 1720. The van der Waals surface area contributed by atoms with Gasteiger partial charge in [0.2, 0.25) is 0 Å². The zero-order valence-electron chi connectivity index (χ0n) is 22.9. The van der Waals surface area contributed by atoms with E-state index in [0.29, 0.717) is 23.0 Å². The Hall–Kier alpha value is -5.00. The quantitative estimate of drug-likeness (QED) is 0.197. The third kappa shape index (κ3) is 6.82. The van der Waals surface area contributed by atoms with E-state index in [-0.39, 0.29) is 5.82 Å². The highest BCUT2D eigenvalue weighted by molar-refractivity contribution is 5.93. The Morgan fingerprint density at radius 1 is 1.07 bits per heavy atom. The zero-order chi connectivity index (χ0) is 30.6. The van der Waals surface area contributed by atoms with Crippen LogP contribution in [0.2, 0.25) is 0 Å². The molecule has 218 valence electrons. The zero-order valence-corrected chi connectivity index (χ0v) is 22.9. The maximum Gasteiger partial charge on any atom is 0.490 e. The Kier molecular flexibility index (Phi) is 8.74. The number of aromatic nitrogens is 4. The average molecular weight is 581 g/mol. The molecule has 12 heteroatoms. The van der Waals surface area contributed by atoms with E-state index < -0.39 is 18.2 Å². The number of aryl methyl sites for hydroxylation is 3. The van der Waals surface area contributed by atoms with Gasteiger partial charge in [-0.05, 0) is 54.6 Å². The Morgan fingerprint density at radius 3 is 2.40 bits per heavy atom. The number of carbonyl (C=O) groups is 1. The van der Waals surface area contributed by atoms with Crippen LogP contribution in [0.5, 0.6) is 0 Å². The van der Waals surface area contributed by atoms with Crippen LogP contribution in [0, 0.1) is 12.7 Å². The fourth-order valence-corrected chi connectivity index (χ4v) is 4.25. The maximum atomic E-state index is 15.2. The van der Waals surface area contributed by atoms with Crippen molar-refractivity contribution in [3.63, 3.8) is 0 Å². The molecule has 8 nitrogen and oxygen atoms in total. The molecular formula is C30H28F4N6O2. The molecule has 4 N–H and O–H groups in total. The van der Waals surface area contributed by atoms with Crippen molar-refractivity contribution in [1.82, 2.24) is 19.7 Å². The molecule has 0 saturated carbocycles. The summed E-state index contributed by atoms with van der Waals surface area (Å²) in [6.07, 6.45) is -2.60. The largest absolute Gasteiger partial charge is 0.490 e. The predicted molar refractivity (Wildman–Crippen MR) is 152 cm³/mol. The van der Waals surface area contributed by atoms with Gasteiger partial charge in [-0.1, -0.05) is 48.9 Å². The van der Waals surface area contributed by atoms with Gasteiger partial charge in [0.05, 0.1) is 0 Å². The minimum absolute atomic E-state index is 0.297. The second-order valence-electron chi connectivity index (χ2n) is 9.51. The molecule has 0 fully saturated rings. The number of aliphatic carboxylic acids is 1. The third-order valence-corrected chi connectivity index (χ3v) is 6.49. The molecule has 3 aromatic carbocycles. The summed E-state index contributed by atoms with van der Waals surface area (Å²) in [6, 6.07) is 20.5. The van der Waals surface area contributed by atoms with Crippen molar-refractivity contribution < 1.29 is 27.5 Å². The number of carboxylic acids is 1. The van der Waals surface area contributed by atoms with Crippen LogP contribution in [-0.4, -0.2) is 37.0 Å². The van der Waals surface area contributed by atoms with Gasteiger partial charge < -0.3 is 16.2 Å². The summed E-state index contributed by atoms with van der Waals surface area (Å²) < 4.78 is 48.7. The number of rotatable bonds is 6. The number of nitrogens with one attached hydrogen (secondary N) is 1. The first-order chi connectivity index (χ1) is 19.9. The van der Waals surface area contributed by atoms with E-state index in [2.05, 4.69) is 22.3 Å². The number of nitrogens with two attached hydrogens (primary N) is 1. The summed E-state index contributed by atoms with van der Waals surface area (Å²) >= 11 is 0. The minimum Gasteiger partial charge on any atom is -0.475 e. The van der Waals surface area contributed by atoms with Gasteiger partial charge in [0.25, 0.3) is 0 Å². The number of anilines is 2. The van der Waals surface area contributed by atoms with E-state index in [1.807, 2.05) is 74.6 Å². The average Bonchev–Trinajstić information content (AvgIpc) is 3.33. The third-order valence-electron chi connectivity index (χ3n) is 6.49. The molecule has 2 aromatic heterocycles. The number of fused-ring (bicyclic) bond motifs is 1. The van der Waals surface area contributed by atoms with Crippen LogP contribution in [0.1, 0.15) is 35.5 Å².